The molecule has 0 unspecified atom stereocenters. The SMILES string of the molecule is Cc1cc([N+](=O)[O-])ccc1N1C(=O)[C@@H]2[C@H](C1=O)C1(Br)c3ccccc3C2(Br)c2ccccc21. The lowest BCUT2D eigenvalue weighted by molar-refractivity contribution is -0.384. The predicted molar refractivity (Wildman–Crippen MR) is 130 cm³/mol. The Hall–Kier alpha value is -2.84. The average Bonchev–Trinajstić information content (AvgIpc) is 3.08. The molecule has 0 spiro atoms. The summed E-state index contributed by atoms with van der Waals surface area (Å²) in [5.41, 5.74) is 4.65. The van der Waals surface area contributed by atoms with Crippen molar-refractivity contribution in [3.63, 3.8) is 0 Å². The van der Waals surface area contributed by atoms with Gasteiger partial charge in [-0.05, 0) is 40.8 Å². The van der Waals surface area contributed by atoms with E-state index in [1.807, 2.05) is 48.5 Å². The summed E-state index contributed by atoms with van der Waals surface area (Å²) >= 11 is 7.94. The minimum atomic E-state index is -0.865. The van der Waals surface area contributed by atoms with Gasteiger partial charge in [-0.25, -0.2) is 4.90 Å². The molecule has 1 aliphatic heterocycles. The smallest absolute Gasteiger partial charge is 0.269 e. The summed E-state index contributed by atoms with van der Waals surface area (Å²) in [5.74, 6) is -1.98. The zero-order chi connectivity index (χ0) is 23.3. The minimum absolute atomic E-state index is 0.0819. The van der Waals surface area contributed by atoms with Gasteiger partial charge in [-0.3, -0.25) is 19.7 Å². The molecule has 33 heavy (non-hydrogen) atoms. The maximum atomic E-state index is 14.0. The largest absolute Gasteiger partial charge is 0.274 e. The molecule has 2 atom stereocenters. The molecule has 0 aromatic heterocycles. The summed E-state index contributed by atoms with van der Waals surface area (Å²) in [7, 11) is 0. The molecule has 7 rings (SSSR count). The molecule has 3 aromatic rings. The Labute approximate surface area is 206 Å². The predicted octanol–water partition coefficient (Wildman–Crippen LogP) is 5.31. The van der Waals surface area contributed by atoms with Crippen molar-refractivity contribution in [2.75, 3.05) is 4.90 Å². The van der Waals surface area contributed by atoms with E-state index in [-0.39, 0.29) is 17.5 Å². The van der Waals surface area contributed by atoms with Crippen molar-refractivity contribution in [1.82, 2.24) is 0 Å². The third-order valence-corrected chi connectivity index (χ3v) is 9.91. The van der Waals surface area contributed by atoms with Crippen molar-refractivity contribution in [3.05, 3.63) is 105 Å². The number of hydrogen-bond donors (Lipinski definition) is 0. The van der Waals surface area contributed by atoms with Gasteiger partial charge in [0, 0.05) is 12.1 Å². The number of non-ortho nitro benzene ring substituents is 1. The third-order valence-electron chi connectivity index (χ3n) is 7.22. The molecular formula is C25H16Br2N2O4. The number of nitro benzene ring substituents is 1. The van der Waals surface area contributed by atoms with Crippen molar-refractivity contribution in [1.29, 1.82) is 0 Å². The second-order valence-corrected chi connectivity index (χ2v) is 11.2. The number of carbonyl (C=O) groups excluding carboxylic acids is 2. The highest BCUT2D eigenvalue weighted by atomic mass is 79.9. The number of rotatable bonds is 2. The van der Waals surface area contributed by atoms with Gasteiger partial charge in [0.25, 0.3) is 5.69 Å². The van der Waals surface area contributed by atoms with E-state index in [0.29, 0.717) is 11.3 Å². The highest BCUT2D eigenvalue weighted by Crippen LogP contribution is 2.70. The Kier molecular flexibility index (Phi) is 4.15. The lowest BCUT2D eigenvalue weighted by atomic mass is 9.54. The monoisotopic (exact) mass is 566 g/mol. The second kappa shape index (κ2) is 6.61. The normalized spacial score (nSPS) is 29.0. The van der Waals surface area contributed by atoms with Crippen LogP contribution in [0.1, 0.15) is 27.8 Å². The van der Waals surface area contributed by atoms with Crippen LogP contribution in [0.3, 0.4) is 0 Å². The first-order valence-electron chi connectivity index (χ1n) is 10.4. The Balaban J connectivity index is 1.61. The van der Waals surface area contributed by atoms with Crippen LogP contribution in [-0.2, 0) is 18.2 Å². The van der Waals surface area contributed by atoms with Crippen LogP contribution in [0.4, 0.5) is 11.4 Å². The standard InChI is InChI=1S/C25H16Br2N2O4/c1-13-12-14(29(32)33)10-11-19(13)28-22(30)20-21(23(28)31)25(27)16-7-3-2-6-15(16)24(20,26)17-8-4-5-9-18(17)25/h2-12,20-21H,1H3/t20-,21+,24?,25?. The van der Waals surface area contributed by atoms with E-state index in [1.165, 1.54) is 23.1 Å². The van der Waals surface area contributed by atoms with Crippen LogP contribution in [0.2, 0.25) is 0 Å². The summed E-state index contributed by atoms with van der Waals surface area (Å²) in [5, 5.41) is 11.2. The van der Waals surface area contributed by atoms with Crippen molar-refractivity contribution in [2.45, 2.75) is 15.6 Å². The van der Waals surface area contributed by atoms with Crippen LogP contribution in [0.5, 0.6) is 0 Å². The number of nitrogens with zero attached hydrogens (tertiary/aromatic N) is 2. The molecule has 8 heteroatoms. The van der Waals surface area contributed by atoms with E-state index in [1.54, 1.807) is 6.92 Å². The lowest BCUT2D eigenvalue weighted by Crippen LogP contribution is -2.56. The molecule has 1 heterocycles. The van der Waals surface area contributed by atoms with E-state index in [2.05, 4.69) is 31.9 Å². The van der Waals surface area contributed by atoms with Crippen molar-refractivity contribution in [3.8, 4) is 0 Å². The molecule has 2 amide bonds. The quantitative estimate of drug-likeness (QED) is 0.182. The Morgan fingerprint density at radius 1 is 0.818 bits per heavy atom. The fourth-order valence-electron chi connectivity index (χ4n) is 5.91. The van der Waals surface area contributed by atoms with Gasteiger partial charge in [-0.1, -0.05) is 80.4 Å². The van der Waals surface area contributed by atoms with Gasteiger partial charge in [0.15, 0.2) is 0 Å². The number of amides is 2. The van der Waals surface area contributed by atoms with Crippen LogP contribution in [0.15, 0.2) is 66.7 Å². The molecular weight excluding hydrogens is 552 g/mol. The zero-order valence-corrected chi connectivity index (χ0v) is 20.5. The first-order chi connectivity index (χ1) is 15.7. The van der Waals surface area contributed by atoms with Crippen LogP contribution in [-0.4, -0.2) is 16.7 Å². The van der Waals surface area contributed by atoms with Crippen LogP contribution in [0.25, 0.3) is 0 Å². The molecule has 164 valence electrons. The zero-order valence-electron chi connectivity index (χ0n) is 17.3. The average molecular weight is 568 g/mol. The number of benzene rings is 3. The molecule has 0 radical (unpaired) electrons. The highest BCUT2D eigenvalue weighted by molar-refractivity contribution is 9.10. The number of carbonyl (C=O) groups is 2. The van der Waals surface area contributed by atoms with Crippen LogP contribution >= 0.6 is 31.9 Å². The molecule has 3 aromatic carbocycles. The van der Waals surface area contributed by atoms with Gasteiger partial charge in [-0.2, -0.15) is 0 Å². The molecule has 1 fully saturated rings. The Morgan fingerprint density at radius 2 is 1.24 bits per heavy atom. The molecule has 0 N–H and O–H groups in total. The van der Waals surface area contributed by atoms with Crippen molar-refractivity contribution >= 4 is 55.0 Å². The van der Waals surface area contributed by atoms with Gasteiger partial charge >= 0.3 is 0 Å². The van der Waals surface area contributed by atoms with E-state index >= 15 is 0 Å². The number of imide groups is 1. The first-order valence-corrected chi connectivity index (χ1v) is 12.0. The van der Waals surface area contributed by atoms with E-state index in [9.17, 15) is 19.7 Å². The van der Waals surface area contributed by atoms with Crippen molar-refractivity contribution < 1.29 is 14.5 Å². The topological polar surface area (TPSA) is 80.5 Å². The Morgan fingerprint density at radius 3 is 1.61 bits per heavy atom. The number of aryl methyl sites for hydroxylation is 1. The number of hydrogen-bond acceptors (Lipinski definition) is 4. The number of alkyl halides is 2. The highest BCUT2D eigenvalue weighted by Gasteiger charge is 2.72. The minimum Gasteiger partial charge on any atom is -0.274 e. The molecule has 4 aliphatic rings. The number of nitro groups is 1. The second-order valence-electron chi connectivity index (χ2n) is 8.71. The maximum Gasteiger partial charge on any atom is 0.269 e. The van der Waals surface area contributed by atoms with E-state index in [0.717, 1.165) is 22.3 Å². The van der Waals surface area contributed by atoms with Gasteiger partial charge in [0.1, 0.15) is 0 Å². The summed E-state index contributed by atoms with van der Waals surface area (Å²) in [6.07, 6.45) is 0. The fourth-order valence-corrected chi connectivity index (χ4v) is 8.21. The Bertz CT molecular complexity index is 1300. The van der Waals surface area contributed by atoms with Gasteiger partial charge < -0.3 is 0 Å². The molecule has 3 aliphatic carbocycles. The summed E-state index contributed by atoms with van der Waals surface area (Å²) in [6, 6.07) is 20.0. The van der Waals surface area contributed by atoms with Crippen LogP contribution in [0, 0.1) is 28.9 Å². The van der Waals surface area contributed by atoms with Crippen molar-refractivity contribution in [2.24, 2.45) is 11.8 Å². The van der Waals surface area contributed by atoms with Gasteiger partial charge in [0.2, 0.25) is 11.8 Å². The fraction of sp³-hybridized carbons (Fsp3) is 0.200. The van der Waals surface area contributed by atoms with Crippen LogP contribution < -0.4 is 4.90 Å². The first kappa shape index (κ1) is 20.7. The number of halogens is 2. The molecule has 2 bridgehead atoms. The summed E-state index contributed by atoms with van der Waals surface area (Å²) in [4.78, 5) is 39.9. The molecule has 1 saturated heterocycles. The summed E-state index contributed by atoms with van der Waals surface area (Å²) < 4.78 is -1.73. The summed E-state index contributed by atoms with van der Waals surface area (Å²) in [6.45, 7) is 1.68. The number of anilines is 1. The van der Waals surface area contributed by atoms with Gasteiger partial charge in [0.05, 0.1) is 31.1 Å². The van der Waals surface area contributed by atoms with E-state index in [4.69, 9.17) is 0 Å². The van der Waals surface area contributed by atoms with Gasteiger partial charge in [-0.15, -0.1) is 0 Å². The lowest BCUT2D eigenvalue weighted by Gasteiger charge is -2.55. The third kappa shape index (κ3) is 2.33. The maximum absolute atomic E-state index is 14.0. The van der Waals surface area contributed by atoms with E-state index < -0.39 is 25.4 Å². The molecule has 0 saturated carbocycles. The molecule has 6 nitrogen and oxygen atoms in total.